The van der Waals surface area contributed by atoms with Crippen LogP contribution in [0.15, 0.2) is 59.4 Å². The van der Waals surface area contributed by atoms with Crippen LogP contribution in [0.5, 0.6) is 0 Å². The Kier molecular flexibility index (Phi) is 4.04. The van der Waals surface area contributed by atoms with Crippen molar-refractivity contribution in [1.29, 1.82) is 0 Å². The third-order valence-corrected chi connectivity index (χ3v) is 5.69. The summed E-state index contributed by atoms with van der Waals surface area (Å²) in [5.41, 5.74) is 8.57. The first kappa shape index (κ1) is 19.1. The minimum absolute atomic E-state index is 0.00623. The first-order valence-electron chi connectivity index (χ1n) is 9.83. The van der Waals surface area contributed by atoms with E-state index in [9.17, 15) is 9.59 Å². The molecule has 10 nitrogen and oxygen atoms in total. The van der Waals surface area contributed by atoms with Gasteiger partial charge in [-0.3, -0.25) is 14.7 Å². The highest BCUT2D eigenvalue weighted by atomic mass is 35.5. The number of carbonyl (C=O) groups is 1. The number of aromatic nitrogens is 7. The van der Waals surface area contributed by atoms with Gasteiger partial charge in [0.15, 0.2) is 28.5 Å². The van der Waals surface area contributed by atoms with Crippen LogP contribution in [0.1, 0.15) is 16.1 Å². The number of hydrogen-bond donors (Lipinski definition) is 3. The number of nitrogen functional groups attached to an aromatic ring is 1. The first-order valence-corrected chi connectivity index (χ1v) is 10.2. The van der Waals surface area contributed by atoms with Gasteiger partial charge in [-0.05, 0) is 17.7 Å². The molecule has 6 aromatic rings. The molecule has 0 atom stereocenters. The number of halogens is 1. The van der Waals surface area contributed by atoms with E-state index in [4.69, 9.17) is 17.3 Å². The molecule has 0 saturated heterocycles. The number of ketones is 1. The summed E-state index contributed by atoms with van der Waals surface area (Å²) in [4.78, 5) is 30.0. The molecule has 0 aliphatic carbocycles. The molecule has 4 aromatic heterocycles. The van der Waals surface area contributed by atoms with Gasteiger partial charge >= 0.3 is 0 Å². The lowest BCUT2D eigenvalue weighted by atomic mass is 10.0. The van der Waals surface area contributed by atoms with E-state index in [1.165, 1.54) is 4.52 Å². The maximum Gasteiger partial charge on any atom is 0.276 e. The van der Waals surface area contributed by atoms with Crippen molar-refractivity contribution in [3.8, 4) is 11.1 Å². The lowest BCUT2D eigenvalue weighted by molar-refractivity contribution is 0.103. The van der Waals surface area contributed by atoms with Crippen LogP contribution in [0.4, 0.5) is 5.82 Å². The van der Waals surface area contributed by atoms with E-state index in [2.05, 4.69) is 30.5 Å². The van der Waals surface area contributed by atoms with E-state index in [0.717, 1.165) is 0 Å². The molecule has 2 aromatic carbocycles. The van der Waals surface area contributed by atoms with Crippen molar-refractivity contribution in [2.45, 2.75) is 0 Å². The molecule has 0 aliphatic heterocycles. The molecule has 33 heavy (non-hydrogen) atoms. The maximum atomic E-state index is 12.9. The number of nitrogens with zero attached hydrogens (tertiary/aromatic N) is 5. The molecule has 4 heterocycles. The fourth-order valence-electron chi connectivity index (χ4n) is 3.91. The highest BCUT2D eigenvalue weighted by Gasteiger charge is 2.24. The monoisotopic (exact) mass is 456 g/mol. The number of benzene rings is 2. The summed E-state index contributed by atoms with van der Waals surface area (Å²) in [7, 11) is 0. The molecule has 160 valence electrons. The fraction of sp³-hybridized carbons (Fsp3) is 0. The fourth-order valence-corrected chi connectivity index (χ4v) is 4.04. The number of aromatic amines is 2. The van der Waals surface area contributed by atoms with Crippen LogP contribution in [0.3, 0.4) is 0 Å². The van der Waals surface area contributed by atoms with Crippen molar-refractivity contribution >= 4 is 50.9 Å². The molecule has 0 fully saturated rings. The van der Waals surface area contributed by atoms with E-state index in [0.29, 0.717) is 43.8 Å². The average molecular weight is 457 g/mol. The predicted molar refractivity (Wildman–Crippen MR) is 123 cm³/mol. The number of nitrogens with two attached hydrogens (primary N) is 1. The van der Waals surface area contributed by atoms with Crippen LogP contribution < -0.4 is 11.3 Å². The SMILES string of the molecule is Nc1c(C(=O)c2ccccc2)nnc2c3c(-c4ccc(Cl)cc4)c4c(=O)[nH]nc4nc3[nH]n12. The first-order chi connectivity index (χ1) is 16.0. The molecule has 0 aliphatic rings. The molecule has 11 heteroatoms. The van der Waals surface area contributed by atoms with Gasteiger partial charge in [-0.15, -0.1) is 10.2 Å². The molecule has 0 bridgehead atoms. The largest absolute Gasteiger partial charge is 0.382 e. The Bertz CT molecular complexity index is 1770. The Hall–Kier alpha value is -4.57. The Morgan fingerprint density at radius 1 is 1.00 bits per heavy atom. The van der Waals surface area contributed by atoms with Gasteiger partial charge in [0.2, 0.25) is 5.78 Å². The standard InChI is InChI=1S/C22H13ClN8O2/c23-12-8-6-10(7-9-12)13-14-20(25-19-15(13)22(33)29-27-19)30-31-18(24)16(26-28-21(14)31)17(32)11-4-2-1-3-5-11/h1-9H,24H2,(H,29,33)(H,25,27,30). The van der Waals surface area contributed by atoms with Crippen LogP contribution in [0.2, 0.25) is 5.02 Å². The van der Waals surface area contributed by atoms with E-state index in [-0.39, 0.29) is 28.5 Å². The molecule has 0 radical (unpaired) electrons. The quantitative estimate of drug-likeness (QED) is 0.346. The highest BCUT2D eigenvalue weighted by molar-refractivity contribution is 6.30. The van der Waals surface area contributed by atoms with Crippen molar-refractivity contribution in [3.63, 3.8) is 0 Å². The van der Waals surface area contributed by atoms with Crippen LogP contribution in [0, 0.1) is 0 Å². The number of fused-ring (bicyclic) bond motifs is 4. The summed E-state index contributed by atoms with van der Waals surface area (Å²) in [5.74, 6) is -0.299. The van der Waals surface area contributed by atoms with Crippen LogP contribution in [0.25, 0.3) is 38.8 Å². The van der Waals surface area contributed by atoms with Gasteiger partial charge in [-0.25, -0.2) is 14.6 Å². The second kappa shape index (κ2) is 6.97. The smallest absolute Gasteiger partial charge is 0.276 e. The zero-order chi connectivity index (χ0) is 22.7. The third-order valence-electron chi connectivity index (χ3n) is 5.43. The predicted octanol–water partition coefficient (Wildman–Crippen LogP) is 2.98. The van der Waals surface area contributed by atoms with Crippen LogP contribution >= 0.6 is 11.6 Å². The zero-order valence-corrected chi connectivity index (χ0v) is 17.5. The molecule has 6 rings (SSSR count). The van der Waals surface area contributed by atoms with Crippen LogP contribution in [-0.2, 0) is 0 Å². The Labute approximate surface area is 189 Å². The molecule has 0 saturated carbocycles. The lowest BCUT2D eigenvalue weighted by Gasteiger charge is -2.06. The van der Waals surface area contributed by atoms with Gasteiger partial charge in [0.05, 0.1) is 10.8 Å². The molecule has 0 unspecified atom stereocenters. The zero-order valence-electron chi connectivity index (χ0n) is 16.7. The van der Waals surface area contributed by atoms with E-state index < -0.39 is 0 Å². The van der Waals surface area contributed by atoms with Gasteiger partial charge in [0.1, 0.15) is 0 Å². The van der Waals surface area contributed by atoms with E-state index >= 15 is 0 Å². The normalized spacial score (nSPS) is 11.5. The summed E-state index contributed by atoms with van der Waals surface area (Å²) in [5, 5.41) is 19.3. The molecule has 4 N–H and O–H groups in total. The number of nitrogens with one attached hydrogen (secondary N) is 2. The molecular formula is C22H13ClN8O2. The molecular weight excluding hydrogens is 444 g/mol. The summed E-state index contributed by atoms with van der Waals surface area (Å²) in [6.07, 6.45) is 0. The van der Waals surface area contributed by atoms with Crippen molar-refractivity contribution in [2.75, 3.05) is 5.73 Å². The Morgan fingerprint density at radius 2 is 1.76 bits per heavy atom. The average Bonchev–Trinajstić information content (AvgIpc) is 3.40. The third kappa shape index (κ3) is 2.81. The van der Waals surface area contributed by atoms with Gasteiger partial charge < -0.3 is 5.73 Å². The number of carbonyl (C=O) groups excluding carboxylic acids is 1. The van der Waals surface area contributed by atoms with Crippen molar-refractivity contribution in [1.82, 2.24) is 35.0 Å². The summed E-state index contributed by atoms with van der Waals surface area (Å²) >= 11 is 6.06. The molecule has 0 spiro atoms. The highest BCUT2D eigenvalue weighted by Crippen LogP contribution is 2.35. The topological polar surface area (TPSA) is 148 Å². The van der Waals surface area contributed by atoms with Gasteiger partial charge in [-0.1, -0.05) is 54.1 Å². The summed E-state index contributed by atoms with van der Waals surface area (Å²) < 4.78 is 1.44. The minimum atomic E-state index is -0.388. The maximum absolute atomic E-state index is 12.9. The minimum Gasteiger partial charge on any atom is -0.382 e. The van der Waals surface area contributed by atoms with Crippen molar-refractivity contribution in [2.24, 2.45) is 0 Å². The van der Waals surface area contributed by atoms with Crippen molar-refractivity contribution in [3.05, 3.63) is 81.2 Å². The second-order valence-corrected chi connectivity index (χ2v) is 7.80. The molecule has 0 amide bonds. The summed E-state index contributed by atoms with van der Waals surface area (Å²) in [6, 6.07) is 15.7. The number of H-pyrrole nitrogens is 2. The van der Waals surface area contributed by atoms with Gasteiger partial charge in [0.25, 0.3) is 5.56 Å². The van der Waals surface area contributed by atoms with Gasteiger partial charge in [0, 0.05) is 16.1 Å². The van der Waals surface area contributed by atoms with Crippen molar-refractivity contribution < 1.29 is 4.79 Å². The number of rotatable bonds is 3. The van der Waals surface area contributed by atoms with E-state index in [1.54, 1.807) is 48.5 Å². The summed E-state index contributed by atoms with van der Waals surface area (Å²) in [6.45, 7) is 0. The lowest BCUT2D eigenvalue weighted by Crippen LogP contribution is -2.14. The van der Waals surface area contributed by atoms with E-state index in [1.807, 2.05) is 6.07 Å². The number of hydrogen-bond acceptors (Lipinski definition) is 7. The number of pyridine rings is 1. The Morgan fingerprint density at radius 3 is 2.52 bits per heavy atom. The van der Waals surface area contributed by atoms with Gasteiger partial charge in [-0.2, -0.15) is 5.10 Å². The van der Waals surface area contributed by atoms with Crippen LogP contribution in [-0.4, -0.2) is 40.8 Å². The number of anilines is 1. The second-order valence-electron chi connectivity index (χ2n) is 7.37. The Balaban J connectivity index is 1.69.